The Hall–Kier alpha value is -2.41. The maximum Gasteiger partial charge on any atom is 0.304 e. The molecule has 2 aromatic carbocycles. The molecule has 1 heterocycles. The summed E-state index contributed by atoms with van der Waals surface area (Å²) in [5.74, 6) is -2.07. The molecule has 1 amide bonds. The quantitative estimate of drug-likeness (QED) is 0.524. The van der Waals surface area contributed by atoms with Crippen molar-refractivity contribution < 1.29 is 14.7 Å². The number of benzene rings is 2. The number of carboxylic acid groups (broad SMARTS) is 1. The van der Waals surface area contributed by atoms with Crippen LogP contribution in [0.1, 0.15) is 12.0 Å². The first kappa shape index (κ1) is 21.3. The van der Waals surface area contributed by atoms with E-state index in [4.69, 9.17) is 23.2 Å². The first-order chi connectivity index (χ1) is 13.9. The topological polar surface area (TPSA) is 70.5 Å². The van der Waals surface area contributed by atoms with Crippen LogP contribution in [-0.2, 0) is 16.0 Å². The molecule has 8 heteroatoms. The number of thiazole rings is 1. The van der Waals surface area contributed by atoms with Crippen LogP contribution in [-0.4, -0.2) is 29.0 Å². The van der Waals surface area contributed by atoms with Gasteiger partial charge in [0.2, 0.25) is 5.91 Å². The second kappa shape index (κ2) is 9.39. The van der Waals surface area contributed by atoms with Crippen LogP contribution in [0, 0.1) is 5.92 Å². The third-order valence-electron chi connectivity index (χ3n) is 4.42. The standard InChI is InChI=1S/C21H18Cl2N2O3S/c1-25(20(28)14(12-17(26)27)11-13-7-3-2-4-8-13)21-24-18(19(23)29-21)15-9-5-6-10-16(15)22/h2-10,14H,11-12H2,1H3,(H,26,27). The number of anilines is 1. The Kier molecular flexibility index (Phi) is 6.90. The Bertz CT molecular complexity index is 1020. The minimum atomic E-state index is -1.03. The number of halogens is 2. The Morgan fingerprint density at radius 3 is 2.41 bits per heavy atom. The van der Waals surface area contributed by atoms with Crippen LogP contribution in [0.15, 0.2) is 54.6 Å². The predicted molar refractivity (Wildman–Crippen MR) is 117 cm³/mol. The van der Waals surface area contributed by atoms with Crippen LogP contribution in [0.2, 0.25) is 9.36 Å². The summed E-state index contributed by atoms with van der Waals surface area (Å²) in [6.07, 6.45) is 0.0569. The summed E-state index contributed by atoms with van der Waals surface area (Å²) in [5, 5.41) is 10.2. The Morgan fingerprint density at radius 1 is 1.10 bits per heavy atom. The van der Waals surface area contributed by atoms with E-state index in [1.807, 2.05) is 42.5 Å². The minimum Gasteiger partial charge on any atom is -0.481 e. The van der Waals surface area contributed by atoms with Gasteiger partial charge in [-0.15, -0.1) is 0 Å². The lowest BCUT2D eigenvalue weighted by molar-refractivity contribution is -0.140. The zero-order valence-electron chi connectivity index (χ0n) is 15.5. The zero-order valence-corrected chi connectivity index (χ0v) is 17.8. The molecular formula is C21H18Cl2N2O3S. The summed E-state index contributed by atoms with van der Waals surface area (Å²) in [6, 6.07) is 16.5. The molecule has 150 valence electrons. The number of carboxylic acids is 1. The molecule has 0 spiro atoms. The van der Waals surface area contributed by atoms with E-state index in [-0.39, 0.29) is 12.3 Å². The molecule has 29 heavy (non-hydrogen) atoms. The fraction of sp³-hybridized carbons (Fsp3) is 0.190. The fourth-order valence-corrected chi connectivity index (χ4v) is 4.33. The summed E-state index contributed by atoms with van der Waals surface area (Å²) >= 11 is 13.7. The molecule has 0 aliphatic carbocycles. The van der Waals surface area contributed by atoms with Crippen molar-refractivity contribution in [2.75, 3.05) is 11.9 Å². The largest absolute Gasteiger partial charge is 0.481 e. The number of hydrogen-bond donors (Lipinski definition) is 1. The van der Waals surface area contributed by atoms with Crippen molar-refractivity contribution in [2.24, 2.45) is 5.92 Å². The number of carbonyl (C=O) groups excluding carboxylic acids is 1. The smallest absolute Gasteiger partial charge is 0.304 e. The van der Waals surface area contributed by atoms with E-state index in [2.05, 4.69) is 4.98 Å². The highest BCUT2D eigenvalue weighted by atomic mass is 35.5. The lowest BCUT2D eigenvalue weighted by Crippen LogP contribution is -2.35. The van der Waals surface area contributed by atoms with Gasteiger partial charge in [0.25, 0.3) is 0 Å². The second-order valence-corrected chi connectivity index (χ2v) is 8.47. The zero-order chi connectivity index (χ0) is 21.0. The number of carbonyl (C=O) groups is 2. The minimum absolute atomic E-state index is 0.269. The van der Waals surface area contributed by atoms with Crippen molar-refractivity contribution in [1.82, 2.24) is 4.98 Å². The highest BCUT2D eigenvalue weighted by Gasteiger charge is 2.28. The Labute approximate surface area is 182 Å². The molecule has 1 unspecified atom stereocenters. The molecule has 1 atom stereocenters. The molecule has 0 radical (unpaired) electrons. The van der Waals surface area contributed by atoms with E-state index >= 15 is 0 Å². The number of nitrogens with zero attached hydrogens (tertiary/aromatic N) is 2. The van der Waals surface area contributed by atoms with Gasteiger partial charge in [0.05, 0.1) is 17.4 Å². The molecule has 0 fully saturated rings. The van der Waals surface area contributed by atoms with Gasteiger partial charge in [-0.2, -0.15) is 0 Å². The molecule has 0 saturated carbocycles. The SMILES string of the molecule is CN(C(=O)C(CC(=O)O)Cc1ccccc1)c1nc(-c2ccccc2Cl)c(Cl)s1. The highest BCUT2D eigenvalue weighted by Crippen LogP contribution is 2.39. The molecule has 5 nitrogen and oxygen atoms in total. The number of aliphatic carboxylic acids is 1. The first-order valence-corrected chi connectivity index (χ1v) is 10.4. The molecule has 1 aromatic heterocycles. The molecule has 3 rings (SSSR count). The van der Waals surface area contributed by atoms with E-state index in [9.17, 15) is 14.7 Å². The van der Waals surface area contributed by atoms with Gasteiger partial charge in [-0.05, 0) is 18.1 Å². The normalized spacial score (nSPS) is 11.8. The van der Waals surface area contributed by atoms with Crippen molar-refractivity contribution in [3.63, 3.8) is 0 Å². The van der Waals surface area contributed by atoms with Crippen LogP contribution in [0.4, 0.5) is 5.13 Å². The Balaban J connectivity index is 1.86. The molecular weight excluding hydrogens is 431 g/mol. The second-order valence-electron chi connectivity index (χ2n) is 6.48. The third kappa shape index (κ3) is 5.15. The number of aromatic nitrogens is 1. The van der Waals surface area contributed by atoms with Crippen molar-refractivity contribution in [3.8, 4) is 11.3 Å². The maximum atomic E-state index is 13.1. The third-order valence-corrected chi connectivity index (χ3v) is 6.08. The van der Waals surface area contributed by atoms with Crippen molar-refractivity contribution in [2.45, 2.75) is 12.8 Å². The number of hydrogen-bond acceptors (Lipinski definition) is 4. The van der Waals surface area contributed by atoms with Crippen LogP contribution < -0.4 is 4.90 Å². The predicted octanol–water partition coefficient (Wildman–Crippen LogP) is 5.41. The lowest BCUT2D eigenvalue weighted by Gasteiger charge is -2.21. The van der Waals surface area contributed by atoms with Gasteiger partial charge in [-0.3, -0.25) is 14.5 Å². The van der Waals surface area contributed by atoms with Gasteiger partial charge in [0.1, 0.15) is 10.0 Å². The van der Waals surface area contributed by atoms with E-state index in [0.29, 0.717) is 32.2 Å². The molecule has 3 aromatic rings. The fourth-order valence-electron chi connectivity index (χ4n) is 2.98. The van der Waals surface area contributed by atoms with Crippen LogP contribution in [0.3, 0.4) is 0 Å². The van der Waals surface area contributed by atoms with Gasteiger partial charge < -0.3 is 5.11 Å². The summed E-state index contributed by atoms with van der Waals surface area (Å²) < 4.78 is 0.408. The molecule has 0 bridgehead atoms. The van der Waals surface area contributed by atoms with Crippen molar-refractivity contribution >= 4 is 51.5 Å². The van der Waals surface area contributed by atoms with Gasteiger partial charge >= 0.3 is 5.97 Å². The van der Waals surface area contributed by atoms with E-state index in [1.165, 1.54) is 4.90 Å². The average Bonchev–Trinajstić information content (AvgIpc) is 3.08. The van der Waals surface area contributed by atoms with Gasteiger partial charge in [0.15, 0.2) is 5.13 Å². The first-order valence-electron chi connectivity index (χ1n) is 8.81. The van der Waals surface area contributed by atoms with Gasteiger partial charge in [-0.1, -0.05) is 83.1 Å². The van der Waals surface area contributed by atoms with Gasteiger partial charge in [-0.25, -0.2) is 4.98 Å². The molecule has 1 N–H and O–H groups in total. The summed E-state index contributed by atoms with van der Waals surface area (Å²) in [4.78, 5) is 30.3. The molecule has 0 aliphatic heterocycles. The van der Waals surface area contributed by atoms with E-state index in [0.717, 1.165) is 16.9 Å². The lowest BCUT2D eigenvalue weighted by atomic mass is 9.95. The van der Waals surface area contributed by atoms with Crippen molar-refractivity contribution in [3.05, 3.63) is 69.5 Å². The van der Waals surface area contributed by atoms with Crippen molar-refractivity contribution in [1.29, 1.82) is 0 Å². The molecule has 0 aliphatic rings. The Morgan fingerprint density at radius 2 is 1.76 bits per heavy atom. The summed E-state index contributed by atoms with van der Waals surface area (Å²) in [6.45, 7) is 0. The van der Waals surface area contributed by atoms with E-state index < -0.39 is 11.9 Å². The molecule has 0 saturated heterocycles. The van der Waals surface area contributed by atoms with Gasteiger partial charge in [0, 0.05) is 12.6 Å². The average molecular weight is 449 g/mol. The van der Waals surface area contributed by atoms with Crippen LogP contribution in [0.25, 0.3) is 11.3 Å². The van der Waals surface area contributed by atoms with E-state index in [1.54, 1.807) is 19.2 Å². The maximum absolute atomic E-state index is 13.1. The van der Waals surface area contributed by atoms with Crippen LogP contribution in [0.5, 0.6) is 0 Å². The number of amides is 1. The monoisotopic (exact) mass is 448 g/mol. The number of rotatable bonds is 7. The highest BCUT2D eigenvalue weighted by molar-refractivity contribution is 7.20. The summed E-state index contributed by atoms with van der Waals surface area (Å²) in [5.41, 5.74) is 2.07. The van der Waals surface area contributed by atoms with Crippen LogP contribution >= 0.6 is 34.5 Å². The summed E-state index contributed by atoms with van der Waals surface area (Å²) in [7, 11) is 1.58.